The van der Waals surface area contributed by atoms with Crippen molar-refractivity contribution < 1.29 is 9.90 Å². The zero-order valence-electron chi connectivity index (χ0n) is 14.4. The van der Waals surface area contributed by atoms with Gasteiger partial charge in [-0.2, -0.15) is 0 Å². The lowest BCUT2D eigenvalue weighted by Crippen LogP contribution is -2.41. The molecule has 4 heteroatoms. The number of nitrogens with zero attached hydrogens (tertiary/aromatic N) is 1. The van der Waals surface area contributed by atoms with Crippen molar-refractivity contribution in [3.63, 3.8) is 0 Å². The fourth-order valence-electron chi connectivity index (χ4n) is 3.37. The van der Waals surface area contributed by atoms with E-state index in [9.17, 15) is 9.90 Å². The first-order valence-electron chi connectivity index (χ1n) is 8.80. The van der Waals surface area contributed by atoms with E-state index in [0.29, 0.717) is 24.9 Å². The van der Waals surface area contributed by atoms with Crippen LogP contribution in [0.5, 0.6) is 0 Å². The Labute approximate surface area is 139 Å². The van der Waals surface area contributed by atoms with Crippen molar-refractivity contribution in [3.05, 3.63) is 35.4 Å². The standard InChI is InChI=1S/C19H30N2O2/c1-15(2)12-16(9-11-22)13-20-19(23)21-10-5-8-17-6-3-4-7-18(17)14-21/h3-4,6-7,15-16,22H,5,8-14H2,1-2H3,(H,20,23). The van der Waals surface area contributed by atoms with E-state index in [2.05, 4.69) is 37.4 Å². The lowest BCUT2D eigenvalue weighted by atomic mass is 9.94. The van der Waals surface area contributed by atoms with Gasteiger partial charge in [0.15, 0.2) is 0 Å². The topological polar surface area (TPSA) is 52.6 Å². The first-order chi connectivity index (χ1) is 11.1. The average Bonchev–Trinajstić information content (AvgIpc) is 2.74. The molecule has 0 bridgehead atoms. The third-order valence-corrected chi connectivity index (χ3v) is 4.52. The van der Waals surface area contributed by atoms with Crippen LogP contribution in [0.2, 0.25) is 0 Å². The first-order valence-corrected chi connectivity index (χ1v) is 8.80. The van der Waals surface area contributed by atoms with Crippen molar-refractivity contribution in [2.45, 2.75) is 46.1 Å². The smallest absolute Gasteiger partial charge is 0.317 e. The summed E-state index contributed by atoms with van der Waals surface area (Å²) in [5.74, 6) is 0.928. The number of fused-ring (bicyclic) bond motifs is 1. The van der Waals surface area contributed by atoms with Crippen LogP contribution in [-0.2, 0) is 13.0 Å². The van der Waals surface area contributed by atoms with Gasteiger partial charge in [-0.3, -0.25) is 0 Å². The minimum atomic E-state index is 0.0217. The van der Waals surface area contributed by atoms with Crippen LogP contribution in [0, 0.1) is 11.8 Å². The molecule has 1 heterocycles. The number of urea groups is 1. The van der Waals surface area contributed by atoms with Gasteiger partial charge in [-0.1, -0.05) is 38.1 Å². The van der Waals surface area contributed by atoms with Crippen LogP contribution in [0.1, 0.15) is 44.2 Å². The van der Waals surface area contributed by atoms with E-state index in [1.807, 2.05) is 11.0 Å². The van der Waals surface area contributed by atoms with Crippen molar-refractivity contribution in [2.75, 3.05) is 19.7 Å². The lowest BCUT2D eigenvalue weighted by Gasteiger charge is -2.24. The van der Waals surface area contributed by atoms with Crippen LogP contribution in [0.4, 0.5) is 4.79 Å². The molecule has 1 aromatic rings. The van der Waals surface area contributed by atoms with E-state index >= 15 is 0 Å². The molecule has 0 spiro atoms. The Morgan fingerprint density at radius 1 is 1.30 bits per heavy atom. The number of aryl methyl sites for hydroxylation is 1. The highest BCUT2D eigenvalue weighted by molar-refractivity contribution is 5.74. The predicted octanol–water partition coefficient (Wildman–Crippen LogP) is 3.19. The summed E-state index contributed by atoms with van der Waals surface area (Å²) >= 11 is 0. The molecule has 0 aromatic heterocycles. The molecule has 1 unspecified atom stereocenters. The summed E-state index contributed by atoms with van der Waals surface area (Å²) in [6.45, 7) is 6.68. The van der Waals surface area contributed by atoms with Crippen molar-refractivity contribution in [2.24, 2.45) is 11.8 Å². The third-order valence-electron chi connectivity index (χ3n) is 4.52. The van der Waals surface area contributed by atoms with E-state index < -0.39 is 0 Å². The molecule has 1 aliphatic heterocycles. The Hall–Kier alpha value is -1.55. The summed E-state index contributed by atoms with van der Waals surface area (Å²) in [7, 11) is 0. The number of benzene rings is 1. The predicted molar refractivity (Wildman–Crippen MR) is 93.2 cm³/mol. The molecule has 0 saturated carbocycles. The minimum Gasteiger partial charge on any atom is -0.396 e. The maximum Gasteiger partial charge on any atom is 0.317 e. The van der Waals surface area contributed by atoms with Crippen LogP contribution in [0.15, 0.2) is 24.3 Å². The summed E-state index contributed by atoms with van der Waals surface area (Å²) < 4.78 is 0. The summed E-state index contributed by atoms with van der Waals surface area (Å²) in [6, 6.07) is 8.42. The molecule has 0 aliphatic carbocycles. The van der Waals surface area contributed by atoms with E-state index in [1.54, 1.807) is 0 Å². The molecule has 0 fully saturated rings. The fraction of sp³-hybridized carbons (Fsp3) is 0.632. The largest absolute Gasteiger partial charge is 0.396 e. The molecular formula is C19H30N2O2. The molecule has 1 atom stereocenters. The minimum absolute atomic E-state index is 0.0217. The lowest BCUT2D eigenvalue weighted by molar-refractivity contribution is 0.189. The second kappa shape index (κ2) is 8.92. The molecule has 128 valence electrons. The highest BCUT2D eigenvalue weighted by Gasteiger charge is 2.19. The highest BCUT2D eigenvalue weighted by Crippen LogP contribution is 2.19. The molecule has 23 heavy (non-hydrogen) atoms. The number of carbonyl (C=O) groups is 1. The number of carbonyl (C=O) groups excluding carboxylic acids is 1. The zero-order chi connectivity index (χ0) is 16.7. The van der Waals surface area contributed by atoms with Crippen LogP contribution < -0.4 is 5.32 Å². The Morgan fingerprint density at radius 2 is 2.04 bits per heavy atom. The van der Waals surface area contributed by atoms with E-state index in [4.69, 9.17) is 0 Å². The quantitative estimate of drug-likeness (QED) is 0.846. The summed E-state index contributed by atoms with van der Waals surface area (Å²) in [6.07, 6.45) is 3.84. The second-order valence-electron chi connectivity index (χ2n) is 6.99. The van der Waals surface area contributed by atoms with Crippen LogP contribution in [0.3, 0.4) is 0 Å². The van der Waals surface area contributed by atoms with Gasteiger partial charge in [0.25, 0.3) is 0 Å². The van der Waals surface area contributed by atoms with Crippen LogP contribution in [0.25, 0.3) is 0 Å². The van der Waals surface area contributed by atoms with Gasteiger partial charge in [0.05, 0.1) is 0 Å². The van der Waals surface area contributed by atoms with E-state index in [-0.39, 0.29) is 12.6 Å². The van der Waals surface area contributed by atoms with Gasteiger partial charge in [0.1, 0.15) is 0 Å². The summed E-state index contributed by atoms with van der Waals surface area (Å²) in [5.41, 5.74) is 2.62. The van der Waals surface area contributed by atoms with Crippen molar-refractivity contribution in [1.82, 2.24) is 10.2 Å². The number of amides is 2. The van der Waals surface area contributed by atoms with E-state index in [0.717, 1.165) is 32.2 Å². The maximum absolute atomic E-state index is 12.5. The van der Waals surface area contributed by atoms with Crippen LogP contribution in [-0.4, -0.2) is 35.7 Å². The average molecular weight is 318 g/mol. The fourth-order valence-corrected chi connectivity index (χ4v) is 3.37. The molecule has 2 amide bonds. The van der Waals surface area contributed by atoms with Crippen LogP contribution >= 0.6 is 0 Å². The van der Waals surface area contributed by atoms with Gasteiger partial charge in [0, 0.05) is 26.2 Å². The molecule has 2 N–H and O–H groups in total. The molecule has 0 radical (unpaired) electrons. The van der Waals surface area contributed by atoms with E-state index in [1.165, 1.54) is 11.1 Å². The van der Waals surface area contributed by atoms with Gasteiger partial charge in [-0.15, -0.1) is 0 Å². The van der Waals surface area contributed by atoms with Gasteiger partial charge >= 0.3 is 6.03 Å². The Bertz CT molecular complexity index is 502. The number of nitrogens with one attached hydrogen (secondary N) is 1. The molecule has 0 saturated heterocycles. The first kappa shape index (κ1) is 17.8. The summed E-state index contributed by atoms with van der Waals surface area (Å²) in [5, 5.41) is 12.3. The van der Waals surface area contributed by atoms with Gasteiger partial charge in [-0.05, 0) is 48.6 Å². The van der Waals surface area contributed by atoms with Crippen molar-refractivity contribution in [1.29, 1.82) is 0 Å². The number of hydrogen-bond donors (Lipinski definition) is 2. The summed E-state index contributed by atoms with van der Waals surface area (Å²) in [4.78, 5) is 14.4. The second-order valence-corrected chi connectivity index (χ2v) is 6.99. The number of rotatable bonds is 6. The molecule has 1 aliphatic rings. The molecular weight excluding hydrogens is 288 g/mol. The van der Waals surface area contributed by atoms with Crippen molar-refractivity contribution >= 4 is 6.03 Å². The monoisotopic (exact) mass is 318 g/mol. The van der Waals surface area contributed by atoms with Gasteiger partial charge < -0.3 is 15.3 Å². The Kier molecular flexibility index (Phi) is 6.90. The van der Waals surface area contributed by atoms with Gasteiger partial charge in [0.2, 0.25) is 0 Å². The SMILES string of the molecule is CC(C)CC(CCO)CNC(=O)N1CCCc2ccccc2C1. The molecule has 2 rings (SSSR count). The number of hydrogen-bond acceptors (Lipinski definition) is 2. The number of aliphatic hydroxyl groups is 1. The molecule has 4 nitrogen and oxygen atoms in total. The Balaban J connectivity index is 1.90. The highest BCUT2D eigenvalue weighted by atomic mass is 16.3. The number of aliphatic hydroxyl groups excluding tert-OH is 1. The normalized spacial score (nSPS) is 15.9. The Morgan fingerprint density at radius 3 is 2.74 bits per heavy atom. The van der Waals surface area contributed by atoms with Crippen molar-refractivity contribution in [3.8, 4) is 0 Å². The maximum atomic E-state index is 12.5. The van der Waals surface area contributed by atoms with Gasteiger partial charge in [-0.25, -0.2) is 4.79 Å². The molecule has 1 aromatic carbocycles. The zero-order valence-corrected chi connectivity index (χ0v) is 14.4. The third kappa shape index (κ3) is 5.54.